The summed E-state index contributed by atoms with van der Waals surface area (Å²) in [5.74, 6) is 0. The summed E-state index contributed by atoms with van der Waals surface area (Å²) in [6.07, 6.45) is 8.99. The number of hydrogen-bond donors (Lipinski definition) is 4. The van der Waals surface area contributed by atoms with Gasteiger partial charge in [-0.15, -0.1) is 0 Å². The molecule has 0 fully saturated rings. The topological polar surface area (TPSA) is 99.4 Å². The van der Waals surface area contributed by atoms with Gasteiger partial charge in [0.15, 0.2) is 0 Å². The molecule has 0 aromatic carbocycles. The van der Waals surface area contributed by atoms with E-state index in [1.165, 1.54) is 38.5 Å². The Bertz CT molecular complexity index is 262. The molecule has 0 saturated heterocycles. The van der Waals surface area contributed by atoms with E-state index in [1.807, 2.05) is 13.8 Å². The monoisotopic (exact) mass is 408 g/mol. The molecule has 4 N–H and O–H groups in total. The molecule has 0 heterocycles. The van der Waals surface area contributed by atoms with E-state index in [9.17, 15) is 10.2 Å². The van der Waals surface area contributed by atoms with E-state index in [4.69, 9.17) is 19.7 Å². The standard InChI is InChI=1S/2C11H24O3/c2*1-3-5-6-7-8-14-11(4-2)10(13)9-12/h2*10-13H,3-9H2,1-2H3. The molecule has 0 aliphatic rings. The van der Waals surface area contributed by atoms with Crippen LogP contribution in [0.15, 0.2) is 0 Å². The normalized spacial score (nSPS) is 15.4. The van der Waals surface area contributed by atoms with E-state index in [2.05, 4.69) is 13.8 Å². The van der Waals surface area contributed by atoms with Crippen molar-refractivity contribution in [1.82, 2.24) is 0 Å². The van der Waals surface area contributed by atoms with Gasteiger partial charge in [-0.05, 0) is 25.7 Å². The molecule has 28 heavy (non-hydrogen) atoms. The molecule has 0 aliphatic carbocycles. The number of aliphatic hydroxyl groups excluding tert-OH is 4. The first-order chi connectivity index (χ1) is 13.5. The summed E-state index contributed by atoms with van der Waals surface area (Å²) in [4.78, 5) is 0. The lowest BCUT2D eigenvalue weighted by Crippen LogP contribution is -2.31. The van der Waals surface area contributed by atoms with E-state index >= 15 is 0 Å². The van der Waals surface area contributed by atoms with E-state index in [0.29, 0.717) is 13.2 Å². The van der Waals surface area contributed by atoms with Crippen LogP contribution in [0, 0.1) is 0 Å². The molecule has 172 valence electrons. The van der Waals surface area contributed by atoms with Gasteiger partial charge < -0.3 is 29.9 Å². The highest BCUT2D eigenvalue weighted by atomic mass is 16.5. The SMILES string of the molecule is CCCCCCOC(CC)C(O)CO.CCCCCCOC(CC)C(O)CO. The summed E-state index contributed by atoms with van der Waals surface area (Å²) < 4.78 is 11.0. The fourth-order valence-electron chi connectivity index (χ4n) is 2.76. The van der Waals surface area contributed by atoms with Crippen molar-refractivity contribution in [3.8, 4) is 0 Å². The molecule has 4 unspecified atom stereocenters. The van der Waals surface area contributed by atoms with Crippen LogP contribution in [-0.4, -0.2) is 71.3 Å². The van der Waals surface area contributed by atoms with E-state index in [1.54, 1.807) is 0 Å². The molecular formula is C22H48O6. The van der Waals surface area contributed by atoms with E-state index < -0.39 is 12.2 Å². The van der Waals surface area contributed by atoms with Crippen molar-refractivity contribution < 1.29 is 29.9 Å². The minimum Gasteiger partial charge on any atom is -0.394 e. The van der Waals surface area contributed by atoms with Crippen LogP contribution in [0.25, 0.3) is 0 Å². The molecule has 0 aliphatic heterocycles. The molecule has 0 spiro atoms. The van der Waals surface area contributed by atoms with Gasteiger partial charge in [-0.3, -0.25) is 0 Å². The predicted molar refractivity (Wildman–Crippen MR) is 115 cm³/mol. The Balaban J connectivity index is 0. The van der Waals surface area contributed by atoms with Crippen molar-refractivity contribution in [2.75, 3.05) is 26.4 Å². The lowest BCUT2D eigenvalue weighted by molar-refractivity contribution is -0.0598. The zero-order chi connectivity index (χ0) is 21.6. The number of ether oxygens (including phenoxy) is 2. The van der Waals surface area contributed by atoms with Crippen LogP contribution in [-0.2, 0) is 9.47 Å². The summed E-state index contributed by atoms with van der Waals surface area (Å²) in [6, 6.07) is 0. The third-order valence-corrected chi connectivity index (χ3v) is 4.70. The number of rotatable bonds is 18. The molecule has 0 amide bonds. The Labute approximate surface area is 173 Å². The zero-order valence-electron chi connectivity index (χ0n) is 18.8. The second-order valence-corrected chi connectivity index (χ2v) is 7.26. The van der Waals surface area contributed by atoms with Crippen LogP contribution < -0.4 is 0 Å². The molecule has 0 saturated carbocycles. The summed E-state index contributed by atoms with van der Waals surface area (Å²) in [5, 5.41) is 36.2. The van der Waals surface area contributed by atoms with Gasteiger partial charge in [0, 0.05) is 13.2 Å². The van der Waals surface area contributed by atoms with Crippen molar-refractivity contribution >= 4 is 0 Å². The van der Waals surface area contributed by atoms with E-state index in [-0.39, 0.29) is 25.4 Å². The fourth-order valence-corrected chi connectivity index (χ4v) is 2.76. The molecule has 0 bridgehead atoms. The number of hydrogen-bond acceptors (Lipinski definition) is 6. The van der Waals surface area contributed by atoms with Gasteiger partial charge in [0.25, 0.3) is 0 Å². The maximum Gasteiger partial charge on any atom is 0.103 e. The minimum atomic E-state index is -0.730. The summed E-state index contributed by atoms with van der Waals surface area (Å²) in [5.41, 5.74) is 0. The van der Waals surface area contributed by atoms with Gasteiger partial charge in [0.1, 0.15) is 12.2 Å². The number of aliphatic hydroxyl groups is 4. The van der Waals surface area contributed by atoms with Crippen LogP contribution in [0.5, 0.6) is 0 Å². The quantitative estimate of drug-likeness (QED) is 0.259. The number of unbranched alkanes of at least 4 members (excludes halogenated alkanes) is 6. The van der Waals surface area contributed by atoms with E-state index in [0.717, 1.165) is 25.7 Å². The Morgan fingerprint density at radius 1 is 0.571 bits per heavy atom. The highest BCUT2D eigenvalue weighted by molar-refractivity contribution is 4.66. The van der Waals surface area contributed by atoms with Crippen molar-refractivity contribution in [3.05, 3.63) is 0 Å². The molecule has 4 atom stereocenters. The average molecular weight is 409 g/mol. The van der Waals surface area contributed by atoms with Gasteiger partial charge in [0.2, 0.25) is 0 Å². The predicted octanol–water partition coefficient (Wildman–Crippen LogP) is 3.43. The third-order valence-electron chi connectivity index (χ3n) is 4.70. The van der Waals surface area contributed by atoms with Gasteiger partial charge in [-0.25, -0.2) is 0 Å². The molecule has 0 radical (unpaired) electrons. The second-order valence-electron chi connectivity index (χ2n) is 7.26. The van der Waals surface area contributed by atoms with Crippen LogP contribution in [0.2, 0.25) is 0 Å². The lowest BCUT2D eigenvalue weighted by atomic mass is 10.1. The Morgan fingerprint density at radius 3 is 1.18 bits per heavy atom. The highest BCUT2D eigenvalue weighted by Gasteiger charge is 2.17. The van der Waals surface area contributed by atoms with Gasteiger partial charge in [-0.1, -0.05) is 66.2 Å². The maximum atomic E-state index is 9.35. The average Bonchev–Trinajstić information content (AvgIpc) is 2.72. The maximum absolute atomic E-state index is 9.35. The van der Waals surface area contributed by atoms with Crippen molar-refractivity contribution in [2.24, 2.45) is 0 Å². The minimum absolute atomic E-state index is 0.207. The molecular weight excluding hydrogens is 360 g/mol. The highest BCUT2D eigenvalue weighted by Crippen LogP contribution is 2.08. The van der Waals surface area contributed by atoms with Crippen LogP contribution in [0.4, 0.5) is 0 Å². The first-order valence-corrected chi connectivity index (χ1v) is 11.3. The van der Waals surface area contributed by atoms with Crippen LogP contribution in [0.3, 0.4) is 0 Å². The molecule has 6 heteroatoms. The first kappa shape index (κ1) is 30.0. The smallest absolute Gasteiger partial charge is 0.103 e. The Hall–Kier alpha value is -0.240. The Kier molecular flexibility index (Phi) is 24.7. The summed E-state index contributed by atoms with van der Waals surface area (Å²) >= 11 is 0. The largest absolute Gasteiger partial charge is 0.394 e. The second kappa shape index (κ2) is 23.0. The lowest BCUT2D eigenvalue weighted by Gasteiger charge is -2.20. The van der Waals surface area contributed by atoms with Crippen LogP contribution in [0.1, 0.15) is 91.9 Å². The third kappa shape index (κ3) is 17.8. The fraction of sp³-hybridized carbons (Fsp3) is 1.00. The molecule has 0 aromatic heterocycles. The molecule has 0 aromatic rings. The van der Waals surface area contributed by atoms with Gasteiger partial charge in [0.05, 0.1) is 25.4 Å². The summed E-state index contributed by atoms with van der Waals surface area (Å²) in [6.45, 7) is 9.20. The van der Waals surface area contributed by atoms with Gasteiger partial charge in [-0.2, -0.15) is 0 Å². The van der Waals surface area contributed by atoms with Gasteiger partial charge >= 0.3 is 0 Å². The molecule has 0 rings (SSSR count). The Morgan fingerprint density at radius 2 is 0.929 bits per heavy atom. The van der Waals surface area contributed by atoms with Crippen molar-refractivity contribution in [1.29, 1.82) is 0 Å². The van der Waals surface area contributed by atoms with Crippen molar-refractivity contribution in [3.63, 3.8) is 0 Å². The summed E-state index contributed by atoms with van der Waals surface area (Å²) in [7, 11) is 0. The first-order valence-electron chi connectivity index (χ1n) is 11.3. The molecule has 6 nitrogen and oxygen atoms in total. The van der Waals surface area contributed by atoms with Crippen molar-refractivity contribution in [2.45, 2.75) is 116 Å². The van der Waals surface area contributed by atoms with Crippen LogP contribution >= 0.6 is 0 Å². The zero-order valence-corrected chi connectivity index (χ0v) is 18.8.